The van der Waals surface area contributed by atoms with Gasteiger partial charge < -0.3 is 15.5 Å². The summed E-state index contributed by atoms with van der Waals surface area (Å²) in [6.45, 7) is 2.26. The van der Waals surface area contributed by atoms with Gasteiger partial charge in [0.2, 0.25) is 5.95 Å². The number of benzene rings is 1. The molecule has 1 aromatic carbocycles. The highest BCUT2D eigenvalue weighted by Gasteiger charge is 2.37. The van der Waals surface area contributed by atoms with E-state index in [0.29, 0.717) is 17.1 Å². The number of hydrogen-bond donors (Lipinski definition) is 2. The largest absolute Gasteiger partial charge is 0.421 e. The highest BCUT2D eigenvalue weighted by Crippen LogP contribution is 2.36. The minimum Gasteiger partial charge on any atom is -0.365 e. The number of halogens is 3. The van der Waals surface area contributed by atoms with E-state index in [-0.39, 0.29) is 23.8 Å². The molecule has 3 rings (SSSR count). The SMILES string of the molecule is CCN=S(C)(=O)c1ccc(Nc2ncc(C(F)(F)F)c(N[C@@H]3CCC[C@H]3N(C)C)n2)cc1. The molecule has 32 heavy (non-hydrogen) atoms. The maximum atomic E-state index is 13.6. The summed E-state index contributed by atoms with van der Waals surface area (Å²) >= 11 is 0. The zero-order chi connectivity index (χ0) is 23.5. The molecule has 2 aromatic rings. The van der Waals surface area contributed by atoms with Crippen LogP contribution in [0.25, 0.3) is 0 Å². The number of alkyl halides is 3. The molecule has 0 aliphatic heterocycles. The molecule has 7 nitrogen and oxygen atoms in total. The van der Waals surface area contributed by atoms with Crippen molar-refractivity contribution in [1.82, 2.24) is 14.9 Å². The van der Waals surface area contributed by atoms with Gasteiger partial charge in [-0.3, -0.25) is 0 Å². The Morgan fingerprint density at radius 3 is 2.50 bits per heavy atom. The lowest BCUT2D eigenvalue weighted by Crippen LogP contribution is -2.39. The summed E-state index contributed by atoms with van der Waals surface area (Å²) in [6, 6.07) is 6.70. The zero-order valence-electron chi connectivity index (χ0n) is 18.6. The molecule has 1 aliphatic carbocycles. The first-order valence-corrected chi connectivity index (χ1v) is 12.4. The van der Waals surface area contributed by atoms with Crippen molar-refractivity contribution in [3.63, 3.8) is 0 Å². The van der Waals surface area contributed by atoms with Crippen molar-refractivity contribution in [2.75, 3.05) is 37.5 Å². The fourth-order valence-electron chi connectivity index (χ4n) is 3.90. The van der Waals surface area contributed by atoms with Gasteiger partial charge in [-0.25, -0.2) is 13.6 Å². The maximum absolute atomic E-state index is 13.6. The van der Waals surface area contributed by atoms with Gasteiger partial charge in [-0.1, -0.05) is 0 Å². The van der Waals surface area contributed by atoms with Gasteiger partial charge >= 0.3 is 6.18 Å². The monoisotopic (exact) mass is 470 g/mol. The van der Waals surface area contributed by atoms with Crippen LogP contribution in [0, 0.1) is 0 Å². The van der Waals surface area contributed by atoms with Crippen LogP contribution in [0.15, 0.2) is 39.7 Å². The zero-order valence-corrected chi connectivity index (χ0v) is 19.4. The molecule has 0 bridgehead atoms. The molecule has 176 valence electrons. The third kappa shape index (κ3) is 5.69. The molecule has 1 unspecified atom stereocenters. The molecule has 0 amide bonds. The van der Waals surface area contributed by atoms with Crippen molar-refractivity contribution < 1.29 is 17.4 Å². The third-order valence-corrected chi connectivity index (χ3v) is 7.38. The lowest BCUT2D eigenvalue weighted by molar-refractivity contribution is -0.137. The van der Waals surface area contributed by atoms with E-state index in [1.54, 1.807) is 30.5 Å². The molecule has 2 N–H and O–H groups in total. The maximum Gasteiger partial charge on any atom is 0.421 e. The summed E-state index contributed by atoms with van der Waals surface area (Å²) in [7, 11) is 1.37. The van der Waals surface area contributed by atoms with Crippen molar-refractivity contribution in [3.8, 4) is 0 Å². The summed E-state index contributed by atoms with van der Waals surface area (Å²) in [6.07, 6.45) is 0.422. The fraction of sp³-hybridized carbons (Fsp3) is 0.524. The molecule has 0 saturated heterocycles. The van der Waals surface area contributed by atoms with Crippen LogP contribution >= 0.6 is 0 Å². The second-order valence-corrected chi connectivity index (χ2v) is 10.4. The summed E-state index contributed by atoms with van der Waals surface area (Å²) in [5.41, 5.74) is -0.326. The van der Waals surface area contributed by atoms with Crippen LogP contribution in [0.3, 0.4) is 0 Å². The third-order valence-electron chi connectivity index (χ3n) is 5.48. The number of aromatic nitrogens is 2. The normalized spacial score (nSPS) is 20.8. The highest BCUT2D eigenvalue weighted by molar-refractivity contribution is 7.93. The molecule has 1 aromatic heterocycles. The Kier molecular flexibility index (Phi) is 7.29. The van der Waals surface area contributed by atoms with Gasteiger partial charge in [-0.05, 0) is 64.5 Å². The number of anilines is 3. The van der Waals surface area contributed by atoms with Crippen LogP contribution in [0.5, 0.6) is 0 Å². The van der Waals surface area contributed by atoms with Crippen LogP contribution in [-0.4, -0.2) is 58.1 Å². The molecular weight excluding hydrogens is 441 g/mol. The number of nitrogens with zero attached hydrogens (tertiary/aromatic N) is 4. The smallest absolute Gasteiger partial charge is 0.365 e. The van der Waals surface area contributed by atoms with Crippen LogP contribution in [-0.2, 0) is 15.9 Å². The minimum atomic E-state index is -4.57. The van der Waals surface area contributed by atoms with Crippen molar-refractivity contribution in [2.45, 2.75) is 49.3 Å². The molecule has 3 atom stereocenters. The van der Waals surface area contributed by atoms with Crippen molar-refractivity contribution >= 4 is 27.2 Å². The van der Waals surface area contributed by atoms with E-state index in [9.17, 15) is 17.4 Å². The lowest BCUT2D eigenvalue weighted by atomic mass is 10.1. The molecule has 0 radical (unpaired) electrons. The van der Waals surface area contributed by atoms with E-state index in [0.717, 1.165) is 25.5 Å². The summed E-state index contributed by atoms with van der Waals surface area (Å²) < 4.78 is 57.4. The summed E-state index contributed by atoms with van der Waals surface area (Å²) in [5, 5.41) is 5.94. The first kappa shape index (κ1) is 24.2. The quantitative estimate of drug-likeness (QED) is 0.615. The van der Waals surface area contributed by atoms with Crippen molar-refractivity contribution in [2.24, 2.45) is 4.36 Å². The van der Waals surface area contributed by atoms with Gasteiger partial charge in [0.15, 0.2) is 0 Å². The predicted octanol–water partition coefficient (Wildman–Crippen LogP) is 4.61. The van der Waals surface area contributed by atoms with Gasteiger partial charge in [-0.15, -0.1) is 0 Å². The number of rotatable bonds is 7. The highest BCUT2D eigenvalue weighted by atomic mass is 32.2. The average molecular weight is 471 g/mol. The lowest BCUT2D eigenvalue weighted by Gasteiger charge is -2.28. The Labute approximate surface area is 187 Å². The molecule has 1 saturated carbocycles. The summed E-state index contributed by atoms with van der Waals surface area (Å²) in [5.74, 6) is -0.188. The van der Waals surface area contributed by atoms with E-state index < -0.39 is 21.5 Å². The molecule has 1 heterocycles. The Balaban J connectivity index is 1.86. The van der Waals surface area contributed by atoms with E-state index in [2.05, 4.69) is 25.0 Å². The van der Waals surface area contributed by atoms with Gasteiger partial charge in [0, 0.05) is 41.7 Å². The molecule has 11 heteroatoms. The molecule has 1 fully saturated rings. The standard InChI is InChI=1S/C21H29F3N6OS/c1-5-26-32(4,31)15-11-9-14(10-12-15)27-20-25-13-16(21(22,23)24)19(29-20)28-17-7-6-8-18(17)30(2)3/h9-13,17-18H,5-8H2,1-4H3,(H2,25,27,28,29)/t17-,18-,32?/m1/s1. The number of hydrogen-bond acceptors (Lipinski definition) is 7. The fourth-order valence-corrected chi connectivity index (χ4v) is 5.19. The van der Waals surface area contributed by atoms with Crippen LogP contribution in [0.1, 0.15) is 31.7 Å². The summed E-state index contributed by atoms with van der Waals surface area (Å²) in [4.78, 5) is 10.6. The van der Waals surface area contributed by atoms with Gasteiger partial charge in [0.05, 0.1) is 9.73 Å². The van der Waals surface area contributed by atoms with E-state index in [1.165, 1.54) is 0 Å². The predicted molar refractivity (Wildman–Crippen MR) is 121 cm³/mol. The van der Waals surface area contributed by atoms with E-state index in [1.807, 2.05) is 25.9 Å². The second-order valence-electron chi connectivity index (χ2n) is 8.06. The Bertz CT molecular complexity index is 1050. The molecular formula is C21H29F3N6OS. The van der Waals surface area contributed by atoms with Crippen LogP contribution < -0.4 is 10.6 Å². The van der Waals surface area contributed by atoms with Crippen LogP contribution in [0.2, 0.25) is 0 Å². The number of likely N-dealkylation sites (N-methyl/N-ethyl adjacent to an activating group) is 1. The minimum absolute atomic E-state index is 0.0446. The Morgan fingerprint density at radius 1 is 1.22 bits per heavy atom. The van der Waals surface area contributed by atoms with Gasteiger partial charge in [-0.2, -0.15) is 18.2 Å². The molecule has 0 spiro atoms. The Hall–Kier alpha value is -2.40. The van der Waals surface area contributed by atoms with E-state index >= 15 is 0 Å². The van der Waals surface area contributed by atoms with Crippen LogP contribution in [0.4, 0.5) is 30.6 Å². The second kappa shape index (κ2) is 9.62. The van der Waals surface area contributed by atoms with Crippen molar-refractivity contribution in [1.29, 1.82) is 0 Å². The topological polar surface area (TPSA) is 82.5 Å². The Morgan fingerprint density at radius 2 is 1.91 bits per heavy atom. The average Bonchev–Trinajstić information content (AvgIpc) is 3.16. The van der Waals surface area contributed by atoms with Crippen molar-refractivity contribution in [3.05, 3.63) is 36.0 Å². The van der Waals surface area contributed by atoms with E-state index in [4.69, 9.17) is 0 Å². The first-order chi connectivity index (χ1) is 15.0. The first-order valence-electron chi connectivity index (χ1n) is 10.4. The van der Waals surface area contributed by atoms with Gasteiger partial charge in [0.1, 0.15) is 11.4 Å². The molecule has 1 aliphatic rings. The number of nitrogens with one attached hydrogen (secondary N) is 2. The van der Waals surface area contributed by atoms with Gasteiger partial charge in [0.25, 0.3) is 0 Å².